The Balaban J connectivity index is 2.68. The zero-order valence-corrected chi connectivity index (χ0v) is 13.0. The monoisotopic (exact) mass is 303 g/mol. The average Bonchev–Trinajstić information content (AvgIpc) is 2.43. The van der Waals surface area contributed by atoms with Crippen molar-refractivity contribution in [1.29, 1.82) is 0 Å². The van der Waals surface area contributed by atoms with Crippen molar-refractivity contribution in [2.45, 2.75) is 11.0 Å². The Kier molecular flexibility index (Phi) is 6.34. The number of nitrogens with one attached hydrogen (secondary N) is 1. The quantitative estimate of drug-likeness (QED) is 0.749. The largest absolute Gasteiger partial charge is 0.382 e. The number of pyridine rings is 1. The highest BCUT2D eigenvalue weighted by Crippen LogP contribution is 2.13. The van der Waals surface area contributed by atoms with E-state index in [-0.39, 0.29) is 11.0 Å². The first-order valence-corrected chi connectivity index (χ1v) is 7.50. The van der Waals surface area contributed by atoms with E-state index in [9.17, 15) is 8.42 Å². The summed E-state index contributed by atoms with van der Waals surface area (Å²) in [5.41, 5.74) is 0. The molecule has 7 nitrogen and oxygen atoms in total. The van der Waals surface area contributed by atoms with E-state index < -0.39 is 10.0 Å². The fourth-order valence-electron chi connectivity index (χ4n) is 1.46. The van der Waals surface area contributed by atoms with E-state index in [1.54, 1.807) is 20.3 Å². The third-order valence-electron chi connectivity index (χ3n) is 2.71. The van der Waals surface area contributed by atoms with Crippen LogP contribution < -0.4 is 5.32 Å². The predicted molar refractivity (Wildman–Crippen MR) is 76.3 cm³/mol. The Labute approximate surface area is 120 Å². The highest BCUT2D eigenvalue weighted by atomic mass is 32.2. The minimum Gasteiger partial charge on any atom is -0.382 e. The second-order valence-electron chi connectivity index (χ2n) is 4.36. The molecule has 0 aliphatic rings. The average molecular weight is 303 g/mol. The number of rotatable bonds is 8. The predicted octanol–water partition coefficient (Wildman–Crippen LogP) is 0.405. The van der Waals surface area contributed by atoms with Crippen molar-refractivity contribution < 1.29 is 17.9 Å². The SMILES string of the molecule is COCC(CNc1ccc(S(=O)(=O)N(C)C)cn1)OC. The summed E-state index contributed by atoms with van der Waals surface area (Å²) in [6.45, 7) is 0.994. The lowest BCUT2D eigenvalue weighted by molar-refractivity contribution is 0.0365. The van der Waals surface area contributed by atoms with Crippen LogP contribution in [0.4, 0.5) is 5.82 Å². The molecule has 1 atom stereocenters. The molecule has 1 heterocycles. The van der Waals surface area contributed by atoms with E-state index in [0.29, 0.717) is 19.0 Å². The van der Waals surface area contributed by atoms with Gasteiger partial charge in [-0.05, 0) is 12.1 Å². The molecule has 0 fully saturated rings. The number of ether oxygens (including phenoxy) is 2. The lowest BCUT2D eigenvalue weighted by atomic mass is 10.3. The number of sulfonamides is 1. The maximum absolute atomic E-state index is 11.9. The van der Waals surface area contributed by atoms with Gasteiger partial charge in [-0.3, -0.25) is 0 Å². The highest BCUT2D eigenvalue weighted by Gasteiger charge is 2.17. The molecule has 1 rings (SSSR count). The van der Waals surface area contributed by atoms with E-state index >= 15 is 0 Å². The second-order valence-corrected chi connectivity index (χ2v) is 6.51. The van der Waals surface area contributed by atoms with Crippen LogP contribution in [0.5, 0.6) is 0 Å². The van der Waals surface area contributed by atoms with Gasteiger partial charge in [0.1, 0.15) is 10.7 Å². The summed E-state index contributed by atoms with van der Waals surface area (Å²) in [6.07, 6.45) is 1.24. The molecule has 8 heteroatoms. The minimum absolute atomic E-state index is 0.0908. The summed E-state index contributed by atoms with van der Waals surface area (Å²) in [6, 6.07) is 3.14. The van der Waals surface area contributed by atoms with Gasteiger partial charge < -0.3 is 14.8 Å². The molecule has 0 spiro atoms. The molecule has 1 N–H and O–H groups in total. The number of hydrogen-bond donors (Lipinski definition) is 1. The maximum atomic E-state index is 11.9. The van der Waals surface area contributed by atoms with Crippen molar-refractivity contribution in [3.05, 3.63) is 18.3 Å². The number of methoxy groups -OCH3 is 2. The molecule has 1 unspecified atom stereocenters. The number of nitrogens with zero attached hydrogens (tertiary/aromatic N) is 2. The van der Waals surface area contributed by atoms with Crippen LogP contribution in [0.25, 0.3) is 0 Å². The number of anilines is 1. The molecular formula is C12H21N3O4S. The Morgan fingerprint density at radius 2 is 2.05 bits per heavy atom. The van der Waals surface area contributed by atoms with Gasteiger partial charge in [0, 0.05) is 41.1 Å². The first kappa shape index (κ1) is 16.8. The van der Waals surface area contributed by atoms with Gasteiger partial charge in [-0.15, -0.1) is 0 Å². The molecule has 20 heavy (non-hydrogen) atoms. The molecule has 0 saturated heterocycles. The molecule has 114 valence electrons. The third kappa shape index (κ3) is 4.41. The Bertz CT molecular complexity index is 502. The fraction of sp³-hybridized carbons (Fsp3) is 0.583. The normalized spacial score (nSPS) is 13.4. The van der Waals surface area contributed by atoms with Gasteiger partial charge in [-0.25, -0.2) is 17.7 Å². The van der Waals surface area contributed by atoms with E-state index in [0.717, 1.165) is 4.31 Å². The van der Waals surface area contributed by atoms with Gasteiger partial charge in [0.15, 0.2) is 0 Å². The summed E-state index contributed by atoms with van der Waals surface area (Å²) in [5, 5.41) is 3.06. The molecule has 0 aromatic carbocycles. The Morgan fingerprint density at radius 1 is 1.35 bits per heavy atom. The van der Waals surface area contributed by atoms with Gasteiger partial charge >= 0.3 is 0 Å². The highest BCUT2D eigenvalue weighted by molar-refractivity contribution is 7.89. The van der Waals surface area contributed by atoms with Crippen LogP contribution in [-0.2, 0) is 19.5 Å². The third-order valence-corrected chi connectivity index (χ3v) is 4.51. The van der Waals surface area contributed by atoms with Crippen LogP contribution in [0.3, 0.4) is 0 Å². The number of hydrogen-bond acceptors (Lipinski definition) is 6. The topological polar surface area (TPSA) is 80.8 Å². The van der Waals surface area contributed by atoms with Crippen molar-refractivity contribution in [2.75, 3.05) is 46.8 Å². The first-order valence-electron chi connectivity index (χ1n) is 6.06. The van der Waals surface area contributed by atoms with Crippen molar-refractivity contribution in [3.8, 4) is 0 Å². The van der Waals surface area contributed by atoms with Crippen LogP contribution in [0.2, 0.25) is 0 Å². The van der Waals surface area contributed by atoms with E-state index in [1.165, 1.54) is 26.4 Å². The van der Waals surface area contributed by atoms with Crippen molar-refractivity contribution >= 4 is 15.8 Å². The van der Waals surface area contributed by atoms with Crippen molar-refractivity contribution in [1.82, 2.24) is 9.29 Å². The Morgan fingerprint density at radius 3 is 2.50 bits per heavy atom. The summed E-state index contributed by atoms with van der Waals surface area (Å²) >= 11 is 0. The molecule has 0 aliphatic carbocycles. The van der Waals surface area contributed by atoms with Gasteiger partial charge in [-0.2, -0.15) is 0 Å². The smallest absolute Gasteiger partial charge is 0.244 e. The number of aromatic nitrogens is 1. The molecule has 1 aromatic rings. The molecule has 1 aromatic heterocycles. The van der Waals surface area contributed by atoms with Crippen LogP contribution in [0, 0.1) is 0 Å². The minimum atomic E-state index is -3.44. The molecule has 0 amide bonds. The molecule has 0 radical (unpaired) electrons. The lowest BCUT2D eigenvalue weighted by Gasteiger charge is -2.15. The van der Waals surface area contributed by atoms with E-state index in [1.807, 2.05) is 0 Å². The van der Waals surface area contributed by atoms with Crippen molar-refractivity contribution in [3.63, 3.8) is 0 Å². The maximum Gasteiger partial charge on any atom is 0.244 e. The summed E-state index contributed by atoms with van der Waals surface area (Å²) < 4.78 is 35.1. The van der Waals surface area contributed by atoms with E-state index in [4.69, 9.17) is 9.47 Å². The molecule has 0 aliphatic heterocycles. The molecular weight excluding hydrogens is 282 g/mol. The van der Waals surface area contributed by atoms with Crippen LogP contribution >= 0.6 is 0 Å². The molecule has 0 bridgehead atoms. The van der Waals surface area contributed by atoms with Crippen LogP contribution in [-0.4, -0.2) is 65.3 Å². The Hall–Kier alpha value is -1.22. The second kappa shape index (κ2) is 7.53. The summed E-state index contributed by atoms with van der Waals surface area (Å²) in [4.78, 5) is 4.24. The van der Waals surface area contributed by atoms with Crippen molar-refractivity contribution in [2.24, 2.45) is 0 Å². The van der Waals surface area contributed by atoms with Gasteiger partial charge in [0.25, 0.3) is 0 Å². The first-order chi connectivity index (χ1) is 9.41. The standard InChI is InChI=1S/C12H21N3O4S/c1-15(2)20(16,17)11-5-6-12(14-8-11)13-7-10(19-4)9-18-3/h5-6,8,10H,7,9H2,1-4H3,(H,13,14). The zero-order chi connectivity index (χ0) is 15.2. The fourth-order valence-corrected chi connectivity index (χ4v) is 2.31. The van der Waals surface area contributed by atoms with Gasteiger partial charge in [0.05, 0.1) is 12.7 Å². The van der Waals surface area contributed by atoms with Crippen LogP contribution in [0.1, 0.15) is 0 Å². The summed E-state index contributed by atoms with van der Waals surface area (Å²) in [7, 11) is 2.73. The lowest BCUT2D eigenvalue weighted by Crippen LogP contribution is -2.27. The van der Waals surface area contributed by atoms with Gasteiger partial charge in [0.2, 0.25) is 10.0 Å². The van der Waals surface area contributed by atoms with E-state index in [2.05, 4.69) is 10.3 Å². The van der Waals surface area contributed by atoms with Crippen LogP contribution in [0.15, 0.2) is 23.2 Å². The molecule has 0 saturated carbocycles. The van der Waals surface area contributed by atoms with Gasteiger partial charge in [-0.1, -0.05) is 0 Å². The summed E-state index contributed by atoms with van der Waals surface area (Å²) in [5.74, 6) is 0.584. The zero-order valence-electron chi connectivity index (χ0n) is 12.2.